The Bertz CT molecular complexity index is 418. The molecule has 5 heteroatoms. The summed E-state index contributed by atoms with van der Waals surface area (Å²) in [6, 6.07) is 2.98. The van der Waals surface area contributed by atoms with E-state index in [1.165, 1.54) is 6.07 Å². The predicted octanol–water partition coefficient (Wildman–Crippen LogP) is 3.31. The maximum absolute atomic E-state index is 13.7. The molecule has 1 fully saturated rings. The molecule has 0 atom stereocenters. The van der Waals surface area contributed by atoms with Crippen molar-refractivity contribution in [3.05, 3.63) is 28.2 Å². The first-order valence-corrected chi connectivity index (χ1v) is 7.04. The number of nitrogens with zero attached hydrogens (tertiary/aromatic N) is 1. The molecule has 0 spiro atoms. The van der Waals surface area contributed by atoms with Crippen molar-refractivity contribution in [1.82, 2.24) is 5.32 Å². The molecule has 1 aliphatic rings. The lowest BCUT2D eigenvalue weighted by atomic mass is 10.0. The average molecular weight is 319 g/mol. The van der Waals surface area contributed by atoms with Gasteiger partial charge in [0.2, 0.25) is 0 Å². The summed E-state index contributed by atoms with van der Waals surface area (Å²) in [4.78, 5) is 1.98. The lowest BCUT2D eigenvalue weighted by molar-refractivity contribution is 0.420. The fourth-order valence-electron chi connectivity index (χ4n) is 2.37. The number of piperidine rings is 1. The SMILES string of the molecule is CCNC1CCN(c2cc(Br)c(F)cc2F)CC1. The van der Waals surface area contributed by atoms with Gasteiger partial charge in [-0.1, -0.05) is 6.92 Å². The molecule has 0 bridgehead atoms. The van der Waals surface area contributed by atoms with Crippen molar-refractivity contribution < 1.29 is 8.78 Å². The first-order chi connectivity index (χ1) is 8.61. The van der Waals surface area contributed by atoms with E-state index in [-0.39, 0.29) is 0 Å². The molecule has 18 heavy (non-hydrogen) atoms. The van der Waals surface area contributed by atoms with E-state index in [1.54, 1.807) is 0 Å². The molecule has 1 aliphatic heterocycles. The summed E-state index contributed by atoms with van der Waals surface area (Å²) >= 11 is 3.10. The Morgan fingerprint density at radius 3 is 2.56 bits per heavy atom. The Morgan fingerprint density at radius 2 is 1.94 bits per heavy atom. The van der Waals surface area contributed by atoms with Crippen LogP contribution in [0.3, 0.4) is 0 Å². The van der Waals surface area contributed by atoms with Crippen molar-refractivity contribution in [3.63, 3.8) is 0 Å². The lowest BCUT2D eigenvalue weighted by Gasteiger charge is -2.34. The normalized spacial score (nSPS) is 17.2. The Labute approximate surface area is 114 Å². The van der Waals surface area contributed by atoms with Crippen molar-refractivity contribution in [2.45, 2.75) is 25.8 Å². The molecule has 1 N–H and O–H groups in total. The molecule has 0 saturated carbocycles. The van der Waals surface area contributed by atoms with Crippen LogP contribution in [0.2, 0.25) is 0 Å². The van der Waals surface area contributed by atoms with Gasteiger partial charge in [0.05, 0.1) is 10.2 Å². The molecule has 2 nitrogen and oxygen atoms in total. The van der Waals surface area contributed by atoms with E-state index in [9.17, 15) is 8.78 Å². The van der Waals surface area contributed by atoms with Crippen LogP contribution in [0.5, 0.6) is 0 Å². The van der Waals surface area contributed by atoms with E-state index in [4.69, 9.17) is 0 Å². The topological polar surface area (TPSA) is 15.3 Å². The number of anilines is 1. The second-order valence-corrected chi connectivity index (χ2v) is 5.39. The minimum Gasteiger partial charge on any atom is -0.369 e. The Kier molecular flexibility index (Phi) is 4.56. The van der Waals surface area contributed by atoms with Gasteiger partial charge in [-0.2, -0.15) is 0 Å². The maximum atomic E-state index is 13.7. The van der Waals surface area contributed by atoms with Crippen LogP contribution in [0.4, 0.5) is 14.5 Å². The minimum atomic E-state index is -0.557. The highest BCUT2D eigenvalue weighted by molar-refractivity contribution is 9.10. The Morgan fingerprint density at radius 1 is 1.28 bits per heavy atom. The monoisotopic (exact) mass is 318 g/mol. The molecule has 1 saturated heterocycles. The standard InChI is InChI=1S/C13H17BrF2N2/c1-2-17-9-3-5-18(6-4-9)13-7-10(14)11(15)8-12(13)16/h7-9,17H,2-6H2,1H3. The molecule has 0 radical (unpaired) electrons. The first kappa shape index (κ1) is 13.7. The van der Waals surface area contributed by atoms with Gasteiger partial charge in [0, 0.05) is 25.2 Å². The fourth-order valence-corrected chi connectivity index (χ4v) is 2.70. The summed E-state index contributed by atoms with van der Waals surface area (Å²) in [6.45, 7) is 4.64. The van der Waals surface area contributed by atoms with Gasteiger partial charge in [0.1, 0.15) is 11.6 Å². The third-order valence-corrected chi connectivity index (χ3v) is 3.93. The number of halogens is 3. The summed E-state index contributed by atoms with van der Waals surface area (Å²) in [5.41, 5.74) is 0.484. The second kappa shape index (κ2) is 5.97. The number of rotatable bonds is 3. The fraction of sp³-hybridized carbons (Fsp3) is 0.538. The summed E-state index contributed by atoms with van der Waals surface area (Å²) in [5, 5.41) is 3.40. The highest BCUT2D eigenvalue weighted by Crippen LogP contribution is 2.28. The van der Waals surface area contributed by atoms with Gasteiger partial charge in [0.25, 0.3) is 0 Å². The van der Waals surface area contributed by atoms with Gasteiger partial charge in [-0.15, -0.1) is 0 Å². The molecule has 0 unspecified atom stereocenters. The van der Waals surface area contributed by atoms with Gasteiger partial charge >= 0.3 is 0 Å². The van der Waals surface area contributed by atoms with E-state index in [2.05, 4.69) is 28.2 Å². The summed E-state index contributed by atoms with van der Waals surface area (Å²) in [6.07, 6.45) is 1.98. The highest BCUT2D eigenvalue weighted by Gasteiger charge is 2.21. The van der Waals surface area contributed by atoms with Crippen molar-refractivity contribution in [2.24, 2.45) is 0 Å². The first-order valence-electron chi connectivity index (χ1n) is 6.24. The molecule has 2 rings (SSSR count). The lowest BCUT2D eigenvalue weighted by Crippen LogP contribution is -2.42. The van der Waals surface area contributed by atoms with E-state index in [0.29, 0.717) is 16.2 Å². The van der Waals surface area contributed by atoms with Gasteiger partial charge in [-0.05, 0) is 41.4 Å². The molecule has 1 aromatic carbocycles. The molecule has 1 heterocycles. The molecular formula is C13H17BrF2N2. The van der Waals surface area contributed by atoms with Crippen LogP contribution in [0.15, 0.2) is 16.6 Å². The quantitative estimate of drug-likeness (QED) is 0.860. The smallest absolute Gasteiger partial charge is 0.149 e. The zero-order valence-corrected chi connectivity index (χ0v) is 11.9. The Hall–Kier alpha value is -0.680. The summed E-state index contributed by atoms with van der Waals surface area (Å²) in [7, 11) is 0. The summed E-state index contributed by atoms with van der Waals surface area (Å²) in [5.74, 6) is -1.05. The van der Waals surface area contributed by atoms with Crippen LogP contribution in [-0.4, -0.2) is 25.7 Å². The van der Waals surface area contributed by atoms with E-state index < -0.39 is 11.6 Å². The van der Waals surface area contributed by atoms with E-state index in [1.807, 2.05) is 4.90 Å². The van der Waals surface area contributed by atoms with Crippen molar-refractivity contribution in [1.29, 1.82) is 0 Å². The molecule has 0 aliphatic carbocycles. The van der Waals surface area contributed by atoms with Crippen LogP contribution >= 0.6 is 15.9 Å². The van der Waals surface area contributed by atoms with Crippen LogP contribution in [0.25, 0.3) is 0 Å². The number of hydrogen-bond acceptors (Lipinski definition) is 2. The van der Waals surface area contributed by atoms with Crippen LogP contribution in [0.1, 0.15) is 19.8 Å². The van der Waals surface area contributed by atoms with Crippen molar-refractivity contribution >= 4 is 21.6 Å². The molecule has 100 valence electrons. The number of benzene rings is 1. The zero-order valence-electron chi connectivity index (χ0n) is 10.3. The van der Waals surface area contributed by atoms with Gasteiger partial charge in [-0.25, -0.2) is 8.78 Å². The van der Waals surface area contributed by atoms with E-state index in [0.717, 1.165) is 38.5 Å². The molecule has 0 amide bonds. The van der Waals surface area contributed by atoms with Crippen molar-refractivity contribution in [2.75, 3.05) is 24.5 Å². The van der Waals surface area contributed by atoms with Crippen LogP contribution in [0, 0.1) is 11.6 Å². The third kappa shape index (κ3) is 3.01. The minimum absolute atomic E-state index is 0.313. The molecule has 1 aromatic rings. The van der Waals surface area contributed by atoms with Crippen molar-refractivity contribution in [3.8, 4) is 0 Å². The number of nitrogens with one attached hydrogen (secondary N) is 1. The van der Waals surface area contributed by atoms with Gasteiger partial charge < -0.3 is 10.2 Å². The van der Waals surface area contributed by atoms with Crippen LogP contribution < -0.4 is 10.2 Å². The maximum Gasteiger partial charge on any atom is 0.149 e. The van der Waals surface area contributed by atoms with Gasteiger partial charge in [-0.3, -0.25) is 0 Å². The van der Waals surface area contributed by atoms with Gasteiger partial charge in [0.15, 0.2) is 0 Å². The van der Waals surface area contributed by atoms with E-state index >= 15 is 0 Å². The Balaban J connectivity index is 2.07. The average Bonchev–Trinajstić information content (AvgIpc) is 2.35. The zero-order chi connectivity index (χ0) is 13.1. The van der Waals surface area contributed by atoms with Crippen LogP contribution in [-0.2, 0) is 0 Å². The highest BCUT2D eigenvalue weighted by atomic mass is 79.9. The second-order valence-electron chi connectivity index (χ2n) is 4.54. The molecule has 0 aromatic heterocycles. The molecular weight excluding hydrogens is 302 g/mol. The predicted molar refractivity (Wildman–Crippen MR) is 73.0 cm³/mol. The number of hydrogen-bond donors (Lipinski definition) is 1. The largest absolute Gasteiger partial charge is 0.369 e. The third-order valence-electron chi connectivity index (χ3n) is 3.32. The summed E-state index contributed by atoms with van der Waals surface area (Å²) < 4.78 is 27.2.